The zero-order valence-electron chi connectivity index (χ0n) is 23.9. The van der Waals surface area contributed by atoms with Crippen LogP contribution in [0.25, 0.3) is 27.2 Å². The molecular formula is C32H31N5O4S. The van der Waals surface area contributed by atoms with Crippen LogP contribution in [0, 0.1) is 6.92 Å². The van der Waals surface area contributed by atoms with Crippen LogP contribution >= 0.6 is 11.3 Å². The number of carbonyl (C=O) groups excluding carboxylic acids is 2. The van der Waals surface area contributed by atoms with E-state index in [1.807, 2.05) is 31.4 Å². The molecule has 0 spiro atoms. The highest BCUT2D eigenvalue weighted by atomic mass is 32.1. The Labute approximate surface area is 247 Å². The average molecular weight is 582 g/mol. The smallest absolute Gasteiger partial charge is 0.257 e. The van der Waals surface area contributed by atoms with Crippen molar-refractivity contribution in [2.24, 2.45) is 0 Å². The van der Waals surface area contributed by atoms with Crippen LogP contribution in [0.5, 0.6) is 11.5 Å². The van der Waals surface area contributed by atoms with Gasteiger partial charge in [-0.3, -0.25) is 9.59 Å². The van der Waals surface area contributed by atoms with E-state index in [4.69, 9.17) is 14.5 Å². The number of methoxy groups -OCH3 is 2. The first kappa shape index (κ1) is 27.5. The molecule has 42 heavy (non-hydrogen) atoms. The zero-order chi connectivity index (χ0) is 29.4. The molecule has 3 aromatic carbocycles. The number of nitrogens with zero attached hydrogens (tertiary/aromatic N) is 5. The van der Waals surface area contributed by atoms with Crippen molar-refractivity contribution in [2.45, 2.75) is 19.9 Å². The Kier molecular flexibility index (Phi) is 7.38. The van der Waals surface area contributed by atoms with E-state index in [2.05, 4.69) is 35.4 Å². The van der Waals surface area contributed by atoms with Gasteiger partial charge in [-0.15, -0.1) is 11.3 Å². The highest BCUT2D eigenvalue weighted by molar-refractivity contribution is 7.12. The van der Waals surface area contributed by atoms with Crippen molar-refractivity contribution < 1.29 is 19.1 Å². The predicted octanol–water partition coefficient (Wildman–Crippen LogP) is 5.46. The number of ether oxygens (including phenoxy) is 2. The van der Waals surface area contributed by atoms with E-state index >= 15 is 0 Å². The predicted molar refractivity (Wildman–Crippen MR) is 163 cm³/mol. The molecule has 9 nitrogen and oxygen atoms in total. The van der Waals surface area contributed by atoms with Crippen molar-refractivity contribution in [3.63, 3.8) is 0 Å². The third-order valence-electron chi connectivity index (χ3n) is 7.73. The largest absolute Gasteiger partial charge is 0.497 e. The topological polar surface area (TPSA) is 89.8 Å². The van der Waals surface area contributed by atoms with Gasteiger partial charge in [0.05, 0.1) is 37.4 Å². The van der Waals surface area contributed by atoms with E-state index in [0.29, 0.717) is 47.4 Å². The number of thiazole rings is 1. The Morgan fingerprint density at radius 2 is 1.67 bits per heavy atom. The van der Waals surface area contributed by atoms with Crippen molar-refractivity contribution >= 4 is 33.9 Å². The molecule has 1 atom stereocenters. The lowest BCUT2D eigenvalue weighted by molar-refractivity contribution is 0.0413. The summed E-state index contributed by atoms with van der Waals surface area (Å²) >= 11 is 1.49. The average Bonchev–Trinajstić information content (AvgIpc) is 3.66. The van der Waals surface area contributed by atoms with E-state index in [9.17, 15) is 9.59 Å². The SMILES string of the molecule is COc1cc(OC)cc(C(=O)N2CCN(C(=O)c3cnn(-c4nc(-c5ccc6ccccc6c5)cs4)c3C)CC2C)c1. The number of benzene rings is 3. The minimum absolute atomic E-state index is 0.105. The lowest BCUT2D eigenvalue weighted by Gasteiger charge is -2.40. The van der Waals surface area contributed by atoms with Crippen LogP contribution in [-0.4, -0.2) is 76.3 Å². The van der Waals surface area contributed by atoms with E-state index in [1.54, 1.807) is 53.1 Å². The number of fused-ring (bicyclic) bond motifs is 1. The maximum Gasteiger partial charge on any atom is 0.257 e. The molecule has 3 heterocycles. The first-order valence-corrected chi connectivity index (χ1v) is 14.6. The summed E-state index contributed by atoms with van der Waals surface area (Å²) in [6.07, 6.45) is 1.61. The van der Waals surface area contributed by atoms with Gasteiger partial charge in [-0.1, -0.05) is 36.4 Å². The van der Waals surface area contributed by atoms with Crippen LogP contribution in [0.3, 0.4) is 0 Å². The molecule has 1 fully saturated rings. The molecule has 0 bridgehead atoms. The summed E-state index contributed by atoms with van der Waals surface area (Å²) < 4.78 is 12.4. The third kappa shape index (κ3) is 5.09. The molecule has 1 aliphatic heterocycles. The van der Waals surface area contributed by atoms with E-state index < -0.39 is 0 Å². The fourth-order valence-electron chi connectivity index (χ4n) is 5.37. The number of piperazine rings is 1. The summed E-state index contributed by atoms with van der Waals surface area (Å²) in [5, 5.41) is 9.58. The van der Waals surface area contributed by atoms with Crippen molar-refractivity contribution in [1.29, 1.82) is 0 Å². The van der Waals surface area contributed by atoms with Gasteiger partial charge < -0.3 is 19.3 Å². The molecular weight excluding hydrogens is 550 g/mol. The van der Waals surface area contributed by atoms with E-state index in [1.165, 1.54) is 16.7 Å². The molecule has 0 aliphatic carbocycles. The monoisotopic (exact) mass is 581 g/mol. The second kappa shape index (κ2) is 11.3. The molecule has 2 aromatic heterocycles. The summed E-state index contributed by atoms with van der Waals surface area (Å²) in [6, 6.07) is 19.5. The number of carbonyl (C=O) groups is 2. The summed E-state index contributed by atoms with van der Waals surface area (Å²) in [6.45, 7) is 5.09. The van der Waals surface area contributed by atoms with Crippen molar-refractivity contribution in [3.8, 4) is 27.9 Å². The maximum absolute atomic E-state index is 13.6. The molecule has 0 saturated carbocycles. The van der Waals surface area contributed by atoms with Gasteiger partial charge in [-0.05, 0) is 42.8 Å². The highest BCUT2D eigenvalue weighted by Gasteiger charge is 2.32. The number of hydrogen-bond donors (Lipinski definition) is 0. The van der Waals surface area contributed by atoms with Gasteiger partial charge in [0.1, 0.15) is 11.5 Å². The van der Waals surface area contributed by atoms with Crippen LogP contribution in [0.2, 0.25) is 0 Å². The Morgan fingerprint density at radius 1 is 0.929 bits per heavy atom. The maximum atomic E-state index is 13.6. The number of aromatic nitrogens is 3. The summed E-state index contributed by atoms with van der Waals surface area (Å²) in [4.78, 5) is 35.4. The number of rotatable bonds is 6. The molecule has 214 valence electrons. The molecule has 1 unspecified atom stereocenters. The van der Waals surface area contributed by atoms with Crippen LogP contribution in [0.4, 0.5) is 0 Å². The molecule has 0 radical (unpaired) electrons. The van der Waals surface area contributed by atoms with Crippen LogP contribution < -0.4 is 9.47 Å². The van der Waals surface area contributed by atoms with Gasteiger partial charge in [0.15, 0.2) is 0 Å². The summed E-state index contributed by atoms with van der Waals surface area (Å²) in [7, 11) is 3.11. The molecule has 1 saturated heterocycles. The molecule has 2 amide bonds. The van der Waals surface area contributed by atoms with Gasteiger partial charge >= 0.3 is 0 Å². The zero-order valence-corrected chi connectivity index (χ0v) is 24.7. The van der Waals surface area contributed by atoms with Gasteiger partial charge in [0.25, 0.3) is 11.8 Å². The van der Waals surface area contributed by atoms with Crippen LogP contribution in [-0.2, 0) is 0 Å². The quantitative estimate of drug-likeness (QED) is 0.265. The lowest BCUT2D eigenvalue weighted by atomic mass is 10.1. The summed E-state index contributed by atoms with van der Waals surface area (Å²) in [5.74, 6) is 0.876. The van der Waals surface area contributed by atoms with Gasteiger partial charge in [0.2, 0.25) is 5.13 Å². The number of amides is 2. The van der Waals surface area contributed by atoms with Crippen molar-refractivity contribution in [1.82, 2.24) is 24.6 Å². The molecule has 10 heteroatoms. The van der Waals surface area contributed by atoms with Crippen LogP contribution in [0.15, 0.2) is 72.2 Å². The first-order valence-electron chi connectivity index (χ1n) is 13.7. The molecule has 0 N–H and O–H groups in total. The van der Waals surface area contributed by atoms with Gasteiger partial charge in [0, 0.05) is 48.2 Å². The first-order chi connectivity index (χ1) is 20.4. The fourth-order valence-corrected chi connectivity index (χ4v) is 6.21. The fraction of sp³-hybridized carbons (Fsp3) is 0.250. The van der Waals surface area contributed by atoms with Gasteiger partial charge in [-0.2, -0.15) is 5.10 Å². The van der Waals surface area contributed by atoms with E-state index in [0.717, 1.165) is 22.3 Å². The number of hydrogen-bond acceptors (Lipinski definition) is 7. The minimum atomic E-state index is -0.175. The lowest BCUT2D eigenvalue weighted by Crippen LogP contribution is -2.55. The van der Waals surface area contributed by atoms with E-state index in [-0.39, 0.29) is 17.9 Å². The third-order valence-corrected chi connectivity index (χ3v) is 8.55. The second-order valence-electron chi connectivity index (χ2n) is 10.3. The normalized spacial score (nSPS) is 15.2. The minimum Gasteiger partial charge on any atom is -0.497 e. The molecule has 1 aliphatic rings. The highest BCUT2D eigenvalue weighted by Crippen LogP contribution is 2.29. The standard InChI is InChI=1S/C32H31N5O4S/c1-20-18-35(11-12-36(20)30(38)25-14-26(40-3)16-27(15-25)41-4)31(39)28-17-33-37(21(28)2)32-34-29(19-42-32)24-10-9-22-7-5-6-8-23(22)13-24/h5-10,13-17,19-20H,11-12,18H2,1-4H3. The Bertz CT molecular complexity index is 1770. The second-order valence-corrected chi connectivity index (χ2v) is 11.2. The van der Waals surface area contributed by atoms with Gasteiger partial charge in [-0.25, -0.2) is 9.67 Å². The Hall–Kier alpha value is -4.70. The summed E-state index contributed by atoms with van der Waals surface area (Å²) in [5.41, 5.74) is 3.65. The Balaban J connectivity index is 1.16. The van der Waals surface area contributed by atoms with Crippen molar-refractivity contribution in [3.05, 3.63) is 89.1 Å². The van der Waals surface area contributed by atoms with Crippen molar-refractivity contribution in [2.75, 3.05) is 33.9 Å². The van der Waals surface area contributed by atoms with Crippen LogP contribution in [0.1, 0.15) is 33.3 Å². The molecule has 5 aromatic rings. The Morgan fingerprint density at radius 3 is 2.38 bits per heavy atom. The molecule has 6 rings (SSSR count).